The molecule has 3 atom stereocenters. The van der Waals surface area contributed by atoms with E-state index in [0.717, 1.165) is 32.5 Å². The number of aromatic nitrogens is 1. The van der Waals surface area contributed by atoms with Gasteiger partial charge in [0.15, 0.2) is 5.75 Å². The molecule has 6 nitrogen and oxygen atoms in total. The van der Waals surface area contributed by atoms with Crippen LogP contribution in [-0.4, -0.2) is 33.7 Å². The molecule has 3 aliphatic carbocycles. The van der Waals surface area contributed by atoms with Crippen LogP contribution in [0.15, 0.2) is 85.1 Å². The first-order valence-electron chi connectivity index (χ1n) is 12.2. The summed E-state index contributed by atoms with van der Waals surface area (Å²) in [6.07, 6.45) is 1.63. The van der Waals surface area contributed by atoms with Crippen molar-refractivity contribution in [2.75, 3.05) is 0 Å². The Bertz CT molecular complexity index is 1470. The first-order valence-corrected chi connectivity index (χ1v) is 12.2. The summed E-state index contributed by atoms with van der Waals surface area (Å²) in [5, 5.41) is 0.835. The van der Waals surface area contributed by atoms with Crippen LogP contribution >= 0.6 is 0 Å². The molecule has 4 aromatic rings. The van der Waals surface area contributed by atoms with E-state index in [9.17, 15) is 14.4 Å². The summed E-state index contributed by atoms with van der Waals surface area (Å²) >= 11 is 0. The number of hydrogen-bond acceptors (Lipinski definition) is 5. The van der Waals surface area contributed by atoms with Crippen LogP contribution in [0.1, 0.15) is 41.0 Å². The molecule has 0 saturated carbocycles. The summed E-state index contributed by atoms with van der Waals surface area (Å²) in [6, 6.07) is 24.1. The molecule has 2 amide bonds. The molecule has 1 fully saturated rings. The second-order valence-electron chi connectivity index (χ2n) is 9.74. The molecule has 6 heteroatoms. The van der Waals surface area contributed by atoms with E-state index in [1.165, 1.54) is 0 Å². The molecule has 4 aliphatic rings. The number of ether oxygens (including phenoxy) is 1. The second-order valence-corrected chi connectivity index (χ2v) is 9.74. The maximum atomic E-state index is 13.9. The quantitative estimate of drug-likeness (QED) is 0.250. The van der Waals surface area contributed by atoms with Gasteiger partial charge in [-0.2, -0.15) is 0 Å². The Morgan fingerprint density at radius 2 is 1.31 bits per heavy atom. The molecule has 36 heavy (non-hydrogen) atoms. The van der Waals surface area contributed by atoms with E-state index in [0.29, 0.717) is 11.3 Å². The molecule has 1 aromatic heterocycles. The highest BCUT2D eigenvalue weighted by molar-refractivity contribution is 6.10. The fraction of sp³-hybridized carbons (Fsp3) is 0.200. The monoisotopic (exact) mass is 474 g/mol. The number of benzene rings is 3. The Balaban J connectivity index is 1.25. The SMILES string of the molecule is C[C@@H](C(=O)Oc1cccc2cccnc12)N1C(=O)[C@@H]2C3c4ccccc4C(c4ccccc43)[C@@H]2C1=O. The zero-order chi connectivity index (χ0) is 24.6. The van der Waals surface area contributed by atoms with Gasteiger partial charge in [-0.05, 0) is 41.3 Å². The van der Waals surface area contributed by atoms with Gasteiger partial charge < -0.3 is 4.74 Å². The fourth-order valence-corrected chi connectivity index (χ4v) is 6.54. The van der Waals surface area contributed by atoms with Crippen molar-refractivity contribution >= 4 is 28.7 Å². The number of likely N-dealkylation sites (tertiary alicyclic amines) is 1. The summed E-state index contributed by atoms with van der Waals surface area (Å²) in [5.74, 6) is -2.42. The van der Waals surface area contributed by atoms with Crippen molar-refractivity contribution in [1.82, 2.24) is 9.88 Å². The number of carbonyl (C=O) groups is 3. The molecular weight excluding hydrogens is 452 g/mol. The van der Waals surface area contributed by atoms with Gasteiger partial charge in [-0.25, -0.2) is 4.79 Å². The van der Waals surface area contributed by atoms with Crippen molar-refractivity contribution in [3.05, 3.63) is 107 Å². The van der Waals surface area contributed by atoms with E-state index in [-0.39, 0.29) is 23.7 Å². The smallest absolute Gasteiger partial charge is 0.334 e. The van der Waals surface area contributed by atoms with Crippen molar-refractivity contribution in [2.24, 2.45) is 11.8 Å². The van der Waals surface area contributed by atoms with Crippen molar-refractivity contribution < 1.29 is 19.1 Å². The highest BCUT2D eigenvalue weighted by Gasteiger charge is 2.62. The van der Waals surface area contributed by atoms with Gasteiger partial charge in [0, 0.05) is 23.4 Å². The highest BCUT2D eigenvalue weighted by Crippen LogP contribution is 2.61. The van der Waals surface area contributed by atoms with Crippen LogP contribution in [0, 0.1) is 11.8 Å². The van der Waals surface area contributed by atoms with Gasteiger partial charge in [0.2, 0.25) is 11.8 Å². The van der Waals surface area contributed by atoms with Gasteiger partial charge in [-0.15, -0.1) is 0 Å². The molecule has 2 bridgehead atoms. The molecule has 0 spiro atoms. The molecule has 0 N–H and O–H groups in total. The van der Waals surface area contributed by atoms with Crippen LogP contribution < -0.4 is 4.74 Å². The standard InChI is InChI=1S/C30H22N2O4/c1-16(30(35)36-22-14-6-8-17-9-7-15-31-27(17)22)32-28(33)25-23-18-10-2-3-11-19(18)24(26(25)29(32)34)21-13-5-4-12-20(21)23/h2-16,23-26H,1H3/t16-,23?,24?,25-,26+/m0/s1. The highest BCUT2D eigenvalue weighted by atomic mass is 16.5. The van der Waals surface area contributed by atoms with E-state index in [1.54, 1.807) is 25.3 Å². The minimum Gasteiger partial charge on any atom is -0.423 e. The topological polar surface area (TPSA) is 76.6 Å². The van der Waals surface area contributed by atoms with Gasteiger partial charge in [-0.1, -0.05) is 66.7 Å². The van der Waals surface area contributed by atoms with E-state index < -0.39 is 23.8 Å². The maximum Gasteiger partial charge on any atom is 0.334 e. The molecular formula is C30H22N2O4. The Morgan fingerprint density at radius 3 is 1.86 bits per heavy atom. The first kappa shape index (κ1) is 21.0. The molecule has 0 radical (unpaired) electrons. The number of rotatable bonds is 3. The lowest BCUT2D eigenvalue weighted by molar-refractivity contribution is -0.152. The lowest BCUT2D eigenvalue weighted by Gasteiger charge is -2.45. The summed E-state index contributed by atoms with van der Waals surface area (Å²) in [5.41, 5.74) is 4.95. The maximum absolute atomic E-state index is 13.9. The van der Waals surface area contributed by atoms with Crippen LogP contribution in [0.4, 0.5) is 0 Å². The van der Waals surface area contributed by atoms with E-state index in [2.05, 4.69) is 29.2 Å². The number of carbonyl (C=O) groups excluding carboxylic acids is 3. The number of hydrogen-bond donors (Lipinski definition) is 0. The molecule has 2 heterocycles. The normalized spacial score (nSPS) is 24.3. The van der Waals surface area contributed by atoms with Crippen LogP contribution in [0.5, 0.6) is 5.75 Å². The van der Waals surface area contributed by atoms with Gasteiger partial charge in [0.1, 0.15) is 11.6 Å². The minimum atomic E-state index is -1.06. The van der Waals surface area contributed by atoms with Crippen molar-refractivity contribution in [3.63, 3.8) is 0 Å². The van der Waals surface area contributed by atoms with Crippen molar-refractivity contribution in [2.45, 2.75) is 24.8 Å². The Morgan fingerprint density at radius 1 is 0.778 bits per heavy atom. The molecule has 176 valence electrons. The third kappa shape index (κ3) is 2.72. The van der Waals surface area contributed by atoms with Crippen molar-refractivity contribution in [1.29, 1.82) is 0 Å². The van der Waals surface area contributed by atoms with Crippen LogP contribution in [0.3, 0.4) is 0 Å². The number of imide groups is 1. The molecule has 8 rings (SSSR count). The zero-order valence-corrected chi connectivity index (χ0v) is 19.5. The summed E-state index contributed by atoms with van der Waals surface area (Å²) in [7, 11) is 0. The second kappa shape index (κ2) is 7.59. The third-order valence-corrected chi connectivity index (χ3v) is 8.02. The molecule has 1 saturated heterocycles. The predicted octanol–water partition coefficient (Wildman–Crippen LogP) is 4.42. The van der Waals surface area contributed by atoms with E-state index in [1.807, 2.05) is 42.5 Å². The van der Waals surface area contributed by atoms with Crippen LogP contribution in [-0.2, 0) is 14.4 Å². The predicted molar refractivity (Wildman–Crippen MR) is 132 cm³/mol. The lowest BCUT2D eigenvalue weighted by atomic mass is 9.55. The molecule has 0 unspecified atom stereocenters. The van der Waals surface area contributed by atoms with Crippen molar-refractivity contribution in [3.8, 4) is 5.75 Å². The Kier molecular flexibility index (Phi) is 4.43. The number of pyridine rings is 1. The molecule has 1 aliphatic heterocycles. The van der Waals surface area contributed by atoms with Crippen LogP contribution in [0.2, 0.25) is 0 Å². The van der Waals surface area contributed by atoms with Crippen LogP contribution in [0.25, 0.3) is 10.9 Å². The largest absolute Gasteiger partial charge is 0.423 e. The third-order valence-electron chi connectivity index (χ3n) is 8.02. The summed E-state index contributed by atoms with van der Waals surface area (Å²) in [6.45, 7) is 1.57. The number of fused-ring (bicyclic) bond motifs is 1. The van der Waals surface area contributed by atoms with Gasteiger partial charge in [0.25, 0.3) is 0 Å². The Hall–Kier alpha value is -4.32. The number of nitrogens with zero attached hydrogens (tertiary/aromatic N) is 2. The number of para-hydroxylation sites is 1. The summed E-state index contributed by atoms with van der Waals surface area (Å²) < 4.78 is 5.70. The fourth-order valence-electron chi connectivity index (χ4n) is 6.54. The Labute approximate surface area is 207 Å². The number of esters is 1. The first-order chi connectivity index (χ1) is 17.6. The summed E-state index contributed by atoms with van der Waals surface area (Å²) in [4.78, 5) is 46.4. The molecule has 3 aromatic carbocycles. The van der Waals surface area contributed by atoms with E-state index in [4.69, 9.17) is 4.74 Å². The average Bonchev–Trinajstić information content (AvgIpc) is 3.18. The average molecular weight is 475 g/mol. The minimum absolute atomic E-state index is 0.209. The van der Waals surface area contributed by atoms with E-state index >= 15 is 0 Å². The number of amides is 2. The lowest BCUT2D eigenvalue weighted by Crippen LogP contribution is -2.45. The van der Waals surface area contributed by atoms with Gasteiger partial charge in [0.05, 0.1) is 11.8 Å². The van der Waals surface area contributed by atoms with Gasteiger partial charge in [-0.3, -0.25) is 19.5 Å². The zero-order valence-electron chi connectivity index (χ0n) is 19.5. The van der Waals surface area contributed by atoms with Gasteiger partial charge >= 0.3 is 5.97 Å².